The molecule has 0 amide bonds. The van der Waals surface area contributed by atoms with E-state index in [4.69, 9.17) is 24.4 Å². The number of fused-ring (bicyclic) bond motifs is 4. The summed E-state index contributed by atoms with van der Waals surface area (Å²) in [5, 5.41) is 0.442. The minimum Gasteiger partial charge on any atom is -0.497 e. The minimum absolute atomic E-state index is 0.157. The van der Waals surface area contributed by atoms with E-state index in [9.17, 15) is 4.79 Å². The van der Waals surface area contributed by atoms with Gasteiger partial charge in [-0.15, -0.1) is 0 Å². The first kappa shape index (κ1) is 19.2. The predicted molar refractivity (Wildman–Crippen MR) is 119 cm³/mol. The van der Waals surface area contributed by atoms with Crippen LogP contribution in [0, 0.1) is 6.92 Å². The van der Waals surface area contributed by atoms with Gasteiger partial charge in [0.05, 0.1) is 37.0 Å². The molecule has 31 heavy (non-hydrogen) atoms. The molecule has 8 heteroatoms. The molecule has 8 nitrogen and oxygen atoms in total. The molecule has 0 spiro atoms. The first-order valence-corrected chi connectivity index (χ1v) is 9.94. The molecule has 156 valence electrons. The zero-order valence-electron chi connectivity index (χ0n) is 17.5. The van der Waals surface area contributed by atoms with E-state index in [-0.39, 0.29) is 5.56 Å². The highest BCUT2D eigenvalue weighted by molar-refractivity contribution is 6.05. The lowest BCUT2D eigenvalue weighted by molar-refractivity contribution is 0.185. The van der Waals surface area contributed by atoms with Crippen LogP contribution >= 0.6 is 0 Å². The van der Waals surface area contributed by atoms with Crippen LogP contribution in [-0.2, 0) is 11.3 Å². The van der Waals surface area contributed by atoms with E-state index in [1.165, 1.54) is 0 Å². The molecular formula is C23H21N5O3. The van der Waals surface area contributed by atoms with Crippen molar-refractivity contribution >= 4 is 33.2 Å². The number of hydrogen-bond donors (Lipinski definition) is 0. The largest absolute Gasteiger partial charge is 0.497 e. The summed E-state index contributed by atoms with van der Waals surface area (Å²) in [6.45, 7) is 2.65. The van der Waals surface area contributed by atoms with Crippen LogP contribution in [0.2, 0.25) is 0 Å². The van der Waals surface area contributed by atoms with E-state index in [0.29, 0.717) is 46.9 Å². The van der Waals surface area contributed by atoms with E-state index in [1.54, 1.807) is 18.8 Å². The summed E-state index contributed by atoms with van der Waals surface area (Å²) in [5.74, 6) is 1.30. The van der Waals surface area contributed by atoms with Crippen molar-refractivity contribution in [2.75, 3.05) is 20.8 Å². The Hall–Kier alpha value is -3.78. The molecule has 0 aliphatic rings. The fraction of sp³-hybridized carbons (Fsp3) is 0.217. The number of nitrogens with zero attached hydrogens (tertiary/aromatic N) is 5. The van der Waals surface area contributed by atoms with Crippen molar-refractivity contribution in [2.45, 2.75) is 13.5 Å². The molecule has 0 unspecified atom stereocenters. The van der Waals surface area contributed by atoms with Gasteiger partial charge in [-0.3, -0.25) is 13.9 Å². The number of methoxy groups -OCH3 is 2. The van der Waals surface area contributed by atoms with Crippen molar-refractivity contribution in [3.63, 3.8) is 0 Å². The SMILES string of the molecule is COCCn1c(C)nc2c(c1=O)c1nc3ccccc3nc1n2-c1cccc(OC)c1. The van der Waals surface area contributed by atoms with E-state index in [2.05, 4.69) is 0 Å². The van der Waals surface area contributed by atoms with Crippen LogP contribution in [0.25, 0.3) is 38.9 Å². The molecule has 3 heterocycles. The van der Waals surface area contributed by atoms with E-state index in [1.807, 2.05) is 60.0 Å². The molecular weight excluding hydrogens is 394 g/mol. The van der Waals surface area contributed by atoms with Crippen LogP contribution < -0.4 is 10.3 Å². The lowest BCUT2D eigenvalue weighted by atomic mass is 10.3. The highest BCUT2D eigenvalue weighted by atomic mass is 16.5. The maximum absolute atomic E-state index is 13.5. The zero-order valence-corrected chi connectivity index (χ0v) is 17.5. The third-order valence-electron chi connectivity index (χ3n) is 5.38. The van der Waals surface area contributed by atoms with Crippen molar-refractivity contribution in [1.82, 2.24) is 24.1 Å². The van der Waals surface area contributed by atoms with Gasteiger partial charge >= 0.3 is 0 Å². The van der Waals surface area contributed by atoms with Gasteiger partial charge in [0.15, 0.2) is 11.3 Å². The van der Waals surface area contributed by atoms with E-state index >= 15 is 0 Å². The van der Waals surface area contributed by atoms with Gasteiger partial charge in [0, 0.05) is 13.2 Å². The Kier molecular flexibility index (Phi) is 4.63. The van der Waals surface area contributed by atoms with Crippen molar-refractivity contribution in [3.8, 4) is 11.4 Å². The van der Waals surface area contributed by atoms with Crippen molar-refractivity contribution in [2.24, 2.45) is 0 Å². The maximum atomic E-state index is 13.5. The Morgan fingerprint density at radius 1 is 0.935 bits per heavy atom. The molecule has 0 N–H and O–H groups in total. The topological polar surface area (TPSA) is 84.1 Å². The Bertz CT molecular complexity index is 1500. The summed E-state index contributed by atoms with van der Waals surface area (Å²) in [6.07, 6.45) is 0. The van der Waals surface area contributed by atoms with Crippen molar-refractivity contribution in [3.05, 3.63) is 64.7 Å². The highest BCUT2D eigenvalue weighted by Crippen LogP contribution is 2.29. The number of hydrogen-bond acceptors (Lipinski definition) is 6. The number of ether oxygens (including phenoxy) is 2. The van der Waals surface area contributed by atoms with Crippen LogP contribution in [0.3, 0.4) is 0 Å². The number of benzene rings is 2. The first-order valence-electron chi connectivity index (χ1n) is 9.94. The average Bonchev–Trinajstić information content (AvgIpc) is 3.10. The second kappa shape index (κ2) is 7.48. The molecule has 3 aromatic heterocycles. The molecule has 0 saturated carbocycles. The number of aryl methyl sites for hydroxylation is 1. The number of aromatic nitrogens is 5. The Labute approximate surface area is 177 Å². The van der Waals surface area contributed by atoms with Crippen LogP contribution in [-0.4, -0.2) is 44.9 Å². The Balaban J connectivity index is 1.95. The van der Waals surface area contributed by atoms with Gasteiger partial charge in [-0.25, -0.2) is 15.0 Å². The normalized spacial score (nSPS) is 11.6. The number of para-hydroxylation sites is 2. The first-order chi connectivity index (χ1) is 15.1. The van der Waals surface area contributed by atoms with Crippen LogP contribution in [0.15, 0.2) is 53.3 Å². The van der Waals surface area contributed by atoms with Crippen LogP contribution in [0.1, 0.15) is 5.82 Å². The fourth-order valence-electron chi connectivity index (χ4n) is 3.87. The summed E-state index contributed by atoms with van der Waals surface area (Å²) in [4.78, 5) is 28.0. The van der Waals surface area contributed by atoms with Gasteiger partial charge in [-0.2, -0.15) is 0 Å². The zero-order chi connectivity index (χ0) is 21.5. The van der Waals surface area contributed by atoms with Gasteiger partial charge in [-0.05, 0) is 31.2 Å². The molecule has 0 bridgehead atoms. The molecule has 5 aromatic rings. The molecule has 0 aliphatic carbocycles. The van der Waals surface area contributed by atoms with Crippen molar-refractivity contribution < 1.29 is 9.47 Å². The monoisotopic (exact) mass is 415 g/mol. The quantitative estimate of drug-likeness (QED) is 0.438. The fourth-order valence-corrected chi connectivity index (χ4v) is 3.87. The highest BCUT2D eigenvalue weighted by Gasteiger charge is 2.22. The number of rotatable bonds is 5. The standard InChI is InChI=1S/C23H21N5O3/c1-14-24-21-19(23(29)27(14)11-12-30-2)20-22(26-18-10-5-4-9-17(18)25-20)28(21)15-7-6-8-16(13-15)31-3/h4-10,13H,11-12H2,1-3H3. The van der Waals surface area contributed by atoms with Gasteiger partial charge < -0.3 is 9.47 Å². The maximum Gasteiger partial charge on any atom is 0.265 e. The van der Waals surface area contributed by atoms with Crippen LogP contribution in [0.5, 0.6) is 5.75 Å². The second-order valence-corrected chi connectivity index (χ2v) is 7.23. The minimum atomic E-state index is -0.157. The van der Waals surface area contributed by atoms with Crippen LogP contribution in [0.4, 0.5) is 0 Å². The third-order valence-corrected chi connectivity index (χ3v) is 5.38. The summed E-state index contributed by atoms with van der Waals surface area (Å²) >= 11 is 0. The van der Waals surface area contributed by atoms with E-state index in [0.717, 1.165) is 16.7 Å². The third kappa shape index (κ3) is 3.03. The van der Waals surface area contributed by atoms with Gasteiger partial charge in [0.2, 0.25) is 0 Å². The molecule has 0 fully saturated rings. The molecule has 0 atom stereocenters. The van der Waals surface area contributed by atoms with Gasteiger partial charge in [-0.1, -0.05) is 18.2 Å². The van der Waals surface area contributed by atoms with Crippen molar-refractivity contribution in [1.29, 1.82) is 0 Å². The Morgan fingerprint density at radius 2 is 1.71 bits per heavy atom. The molecule has 2 aromatic carbocycles. The summed E-state index contributed by atoms with van der Waals surface area (Å²) in [6, 6.07) is 15.2. The summed E-state index contributed by atoms with van der Waals surface area (Å²) in [7, 11) is 3.23. The lowest BCUT2D eigenvalue weighted by Gasteiger charge is -2.11. The van der Waals surface area contributed by atoms with Gasteiger partial charge in [0.1, 0.15) is 22.5 Å². The molecule has 0 radical (unpaired) electrons. The lowest BCUT2D eigenvalue weighted by Crippen LogP contribution is -2.25. The van der Waals surface area contributed by atoms with E-state index < -0.39 is 0 Å². The smallest absolute Gasteiger partial charge is 0.265 e. The second-order valence-electron chi connectivity index (χ2n) is 7.23. The molecule has 0 aliphatic heterocycles. The Morgan fingerprint density at radius 3 is 2.45 bits per heavy atom. The molecule has 5 rings (SSSR count). The van der Waals surface area contributed by atoms with Gasteiger partial charge in [0.25, 0.3) is 5.56 Å². The summed E-state index contributed by atoms with van der Waals surface area (Å²) in [5.41, 5.74) is 3.74. The molecule has 0 saturated heterocycles. The predicted octanol–water partition coefficient (Wildman–Crippen LogP) is 3.25. The summed E-state index contributed by atoms with van der Waals surface area (Å²) < 4.78 is 14.1. The average molecular weight is 415 g/mol.